The summed E-state index contributed by atoms with van der Waals surface area (Å²) in [6, 6.07) is 9.18. The molecule has 1 unspecified atom stereocenters. The number of nitrogens with two attached hydrogens (primary N) is 1. The number of nitrogens with one attached hydrogen (secondary N) is 3. The molecule has 45 heavy (non-hydrogen) atoms. The Balaban J connectivity index is 1.26. The fourth-order valence-electron chi connectivity index (χ4n) is 4.56. The normalized spacial score (nSPS) is 14.6. The number of rotatable bonds is 8. The quantitative estimate of drug-likeness (QED) is 0.122. The highest BCUT2D eigenvalue weighted by molar-refractivity contribution is 6.03. The van der Waals surface area contributed by atoms with Crippen molar-refractivity contribution < 1.29 is 49.9 Å². The van der Waals surface area contributed by atoms with Crippen LogP contribution in [0.5, 0.6) is 0 Å². The van der Waals surface area contributed by atoms with E-state index in [1.54, 1.807) is 18.2 Å². The number of anilines is 3. The van der Waals surface area contributed by atoms with E-state index in [9.17, 15) is 45.1 Å². The maximum absolute atomic E-state index is 13.2. The number of amides is 3. The molecule has 5 N–H and O–H groups in total. The molecule has 0 radical (unpaired) electrons. The number of halogens is 7. The second-order valence-corrected chi connectivity index (χ2v) is 9.98. The number of ether oxygens (including phenoxy) is 1. The van der Waals surface area contributed by atoms with Crippen molar-refractivity contribution in [1.29, 1.82) is 0 Å². The minimum Gasteiger partial charge on any atom is -0.449 e. The smallest absolute Gasteiger partial charge is 0.416 e. The molecule has 238 valence electrons. The highest BCUT2D eigenvalue weighted by Gasteiger charge is 2.37. The van der Waals surface area contributed by atoms with Crippen LogP contribution in [0.2, 0.25) is 0 Å². The number of alkyl halides is 6. The number of hydrogen-bond acceptors (Lipinski definition) is 5. The molecule has 1 atom stereocenters. The predicted octanol–water partition coefficient (Wildman–Crippen LogP) is 6.84. The van der Waals surface area contributed by atoms with Crippen molar-refractivity contribution in [3.05, 3.63) is 94.3 Å². The first-order chi connectivity index (χ1) is 21.1. The van der Waals surface area contributed by atoms with Crippen molar-refractivity contribution in [1.82, 2.24) is 5.32 Å². The van der Waals surface area contributed by atoms with Crippen LogP contribution in [0, 0.1) is 5.82 Å². The maximum atomic E-state index is 13.2. The minimum absolute atomic E-state index is 0.0603. The van der Waals surface area contributed by atoms with Crippen molar-refractivity contribution in [3.63, 3.8) is 0 Å². The third kappa shape index (κ3) is 8.97. The minimum atomic E-state index is -5.07. The highest BCUT2D eigenvalue weighted by Crippen LogP contribution is 2.37. The Labute approximate surface area is 251 Å². The Kier molecular flexibility index (Phi) is 9.69. The molecule has 15 heteroatoms. The molecule has 0 fully saturated rings. The molecule has 0 aromatic heterocycles. The van der Waals surface area contributed by atoms with Crippen molar-refractivity contribution >= 4 is 41.0 Å². The largest absolute Gasteiger partial charge is 0.449 e. The predicted molar refractivity (Wildman–Crippen MR) is 150 cm³/mol. The average Bonchev–Trinajstić information content (AvgIpc) is 3.34. The Morgan fingerprint density at radius 1 is 0.911 bits per heavy atom. The van der Waals surface area contributed by atoms with Gasteiger partial charge >= 0.3 is 18.4 Å². The van der Waals surface area contributed by atoms with E-state index in [1.807, 2.05) is 11.4 Å². The zero-order valence-electron chi connectivity index (χ0n) is 23.1. The van der Waals surface area contributed by atoms with Gasteiger partial charge in [0.25, 0.3) is 0 Å². The van der Waals surface area contributed by atoms with Crippen LogP contribution in [0.4, 0.5) is 52.6 Å². The van der Waals surface area contributed by atoms with Crippen LogP contribution in [0.3, 0.4) is 0 Å². The van der Waals surface area contributed by atoms with Crippen molar-refractivity contribution in [3.8, 4) is 0 Å². The molecule has 3 aromatic carbocycles. The molecule has 0 spiro atoms. The maximum Gasteiger partial charge on any atom is 0.416 e. The number of nitrogen functional groups attached to an aromatic ring is 1. The number of carbonyl (C=O) groups excluding carboxylic acids is 3. The number of carbonyl (C=O) groups is 3. The van der Waals surface area contributed by atoms with Crippen LogP contribution < -0.4 is 21.7 Å². The summed E-state index contributed by atoms with van der Waals surface area (Å²) in [6.45, 7) is -0.488. The van der Waals surface area contributed by atoms with Gasteiger partial charge in [0.2, 0.25) is 11.8 Å². The fraction of sp³-hybridized carbons (Fsp3) is 0.233. The molecular weight excluding hydrogens is 613 g/mol. The van der Waals surface area contributed by atoms with Crippen LogP contribution in [0.15, 0.2) is 60.7 Å². The first-order valence-corrected chi connectivity index (χ1v) is 13.3. The summed E-state index contributed by atoms with van der Waals surface area (Å²) in [6.07, 6.45) is -7.57. The van der Waals surface area contributed by atoms with Gasteiger partial charge in [-0.15, -0.1) is 0 Å². The van der Waals surface area contributed by atoms with Gasteiger partial charge < -0.3 is 26.4 Å². The van der Waals surface area contributed by atoms with Crippen molar-refractivity contribution in [2.45, 2.75) is 37.7 Å². The van der Waals surface area contributed by atoms with Gasteiger partial charge in [-0.1, -0.05) is 18.2 Å². The standard InChI is InChI=1S/C30H25F7N4O4/c31-20-4-7-25(23(38)15-20)40-26(42)8-2-16-1-5-22-17(11-16)3-6-24(22)41-28(44)45-10-9-27(43)39-21-13-18(29(32,33)34)12-19(14-21)30(35,36)37/h1-2,4-5,7-8,11-15,24H,3,6,9-10,38H2,(H,39,43)(H,40,42)(H,41,44)/b8-2+. The summed E-state index contributed by atoms with van der Waals surface area (Å²) in [5.74, 6) is -1.98. The molecule has 3 amide bonds. The Morgan fingerprint density at radius 2 is 1.60 bits per heavy atom. The lowest BCUT2D eigenvalue weighted by Gasteiger charge is -2.15. The molecule has 0 saturated heterocycles. The highest BCUT2D eigenvalue weighted by atomic mass is 19.4. The first-order valence-electron chi connectivity index (χ1n) is 13.3. The lowest BCUT2D eigenvalue weighted by atomic mass is 10.0. The molecular formula is C30H25F7N4O4. The number of alkyl carbamates (subject to hydrolysis) is 1. The number of hydrogen-bond donors (Lipinski definition) is 4. The zero-order valence-corrected chi connectivity index (χ0v) is 23.1. The van der Waals surface area contributed by atoms with Crippen LogP contribution in [0.1, 0.15) is 46.7 Å². The number of fused-ring (bicyclic) bond motifs is 1. The fourth-order valence-corrected chi connectivity index (χ4v) is 4.56. The van der Waals surface area contributed by atoms with Crippen molar-refractivity contribution in [2.75, 3.05) is 23.0 Å². The molecule has 4 rings (SSSR count). The molecule has 0 saturated carbocycles. The summed E-state index contributed by atoms with van der Waals surface area (Å²) >= 11 is 0. The second-order valence-electron chi connectivity index (χ2n) is 9.98. The zero-order chi connectivity index (χ0) is 32.9. The lowest BCUT2D eigenvalue weighted by Crippen LogP contribution is -2.29. The van der Waals surface area contributed by atoms with E-state index in [0.29, 0.717) is 30.5 Å². The molecule has 1 aliphatic carbocycles. The Morgan fingerprint density at radius 3 is 2.24 bits per heavy atom. The van der Waals surface area contributed by atoms with Gasteiger partial charge in [0.05, 0.1) is 35.0 Å². The monoisotopic (exact) mass is 638 g/mol. The van der Waals surface area contributed by atoms with Gasteiger partial charge in [-0.25, -0.2) is 9.18 Å². The van der Waals surface area contributed by atoms with Gasteiger partial charge in [0, 0.05) is 11.8 Å². The van der Waals surface area contributed by atoms with E-state index in [4.69, 9.17) is 10.5 Å². The molecule has 3 aromatic rings. The Bertz CT molecular complexity index is 1610. The third-order valence-electron chi connectivity index (χ3n) is 6.67. The summed E-state index contributed by atoms with van der Waals surface area (Å²) in [7, 11) is 0. The summed E-state index contributed by atoms with van der Waals surface area (Å²) in [5.41, 5.74) is 4.57. The summed E-state index contributed by atoms with van der Waals surface area (Å²) in [5, 5.41) is 7.17. The number of benzene rings is 3. The van der Waals surface area contributed by atoms with E-state index in [-0.39, 0.29) is 17.4 Å². The average molecular weight is 639 g/mol. The first kappa shape index (κ1) is 32.8. The second kappa shape index (κ2) is 13.3. The third-order valence-corrected chi connectivity index (χ3v) is 6.67. The van der Waals surface area contributed by atoms with Gasteiger partial charge in [-0.3, -0.25) is 9.59 Å². The van der Waals surface area contributed by atoms with Crippen LogP contribution in [0.25, 0.3) is 6.08 Å². The van der Waals surface area contributed by atoms with Gasteiger partial charge in [-0.2, -0.15) is 26.3 Å². The molecule has 0 aliphatic heterocycles. The van der Waals surface area contributed by atoms with E-state index in [1.165, 1.54) is 12.1 Å². The van der Waals surface area contributed by atoms with Crippen molar-refractivity contribution in [2.24, 2.45) is 0 Å². The van der Waals surface area contributed by atoms with E-state index in [0.717, 1.165) is 23.3 Å². The lowest BCUT2D eigenvalue weighted by molar-refractivity contribution is -0.143. The van der Waals surface area contributed by atoms with E-state index < -0.39 is 72.0 Å². The van der Waals surface area contributed by atoms with E-state index in [2.05, 4.69) is 10.6 Å². The molecule has 0 bridgehead atoms. The van der Waals surface area contributed by atoms with Crippen LogP contribution in [-0.4, -0.2) is 24.5 Å². The topological polar surface area (TPSA) is 123 Å². The van der Waals surface area contributed by atoms with Crippen LogP contribution in [-0.2, 0) is 33.1 Å². The summed E-state index contributed by atoms with van der Waals surface area (Å²) < 4.78 is 96.3. The summed E-state index contributed by atoms with van der Waals surface area (Å²) in [4.78, 5) is 36.7. The SMILES string of the molecule is Nc1cc(F)ccc1NC(=O)/C=C/c1ccc2c(c1)CCC2NC(=O)OCCC(=O)Nc1cc(C(F)(F)F)cc(C(F)(F)F)c1. The molecule has 0 heterocycles. The van der Waals surface area contributed by atoms with Gasteiger partial charge in [0.15, 0.2) is 0 Å². The van der Waals surface area contributed by atoms with Gasteiger partial charge in [-0.05, 0) is 72.0 Å². The van der Waals surface area contributed by atoms with Crippen LogP contribution >= 0.6 is 0 Å². The number of aryl methyl sites for hydroxylation is 1. The Hall–Kier alpha value is -5.08. The van der Waals surface area contributed by atoms with Gasteiger partial charge in [0.1, 0.15) is 12.4 Å². The van der Waals surface area contributed by atoms with E-state index >= 15 is 0 Å². The molecule has 1 aliphatic rings. The molecule has 8 nitrogen and oxygen atoms in total.